The van der Waals surface area contributed by atoms with E-state index in [0.717, 1.165) is 0 Å². The smallest absolute Gasteiger partial charge is 0.406 e. The second-order valence-electron chi connectivity index (χ2n) is 3.69. The molecule has 0 fully saturated rings. The maximum atomic E-state index is 12.1. The summed E-state index contributed by atoms with van der Waals surface area (Å²) in [6.45, 7) is 5.26. The highest BCUT2D eigenvalue weighted by Crippen LogP contribution is 2.28. The van der Waals surface area contributed by atoms with Gasteiger partial charge in [0.25, 0.3) is 0 Å². The molecule has 5 heteroatoms. The normalized spacial score (nSPS) is 13.5. The Morgan fingerprint density at radius 2 is 2.00 bits per heavy atom. The minimum atomic E-state index is -4.71. The molecule has 17 heavy (non-hydrogen) atoms. The lowest BCUT2D eigenvalue weighted by molar-refractivity contribution is -0.274. The molecule has 2 nitrogen and oxygen atoms in total. The number of halogens is 3. The van der Waals surface area contributed by atoms with Gasteiger partial charge in [0, 0.05) is 12.5 Å². The zero-order chi connectivity index (χ0) is 13.1. The van der Waals surface area contributed by atoms with Crippen molar-refractivity contribution in [1.29, 1.82) is 0 Å². The summed E-state index contributed by atoms with van der Waals surface area (Å²) in [5.41, 5.74) is 1.25. The molecule has 95 valence electrons. The summed E-state index contributed by atoms with van der Waals surface area (Å²) in [5, 5.41) is 8.95. The Morgan fingerprint density at radius 1 is 1.35 bits per heavy atom. The quantitative estimate of drug-likeness (QED) is 0.886. The molecule has 0 heterocycles. The van der Waals surface area contributed by atoms with Gasteiger partial charge >= 0.3 is 6.36 Å². The Morgan fingerprint density at radius 3 is 2.47 bits per heavy atom. The lowest BCUT2D eigenvalue weighted by Gasteiger charge is -2.14. The standard InChI is InChI=1S/C12H14F3O2/c1-3-9-4-10(8(2)7-16)6-11(5-9)17-12(13,14)15/h4-6,8,16H,2-3,7H2,1H3. The van der Waals surface area contributed by atoms with E-state index >= 15 is 0 Å². The van der Waals surface area contributed by atoms with Crippen molar-refractivity contribution in [3.8, 4) is 5.75 Å². The van der Waals surface area contributed by atoms with Crippen LogP contribution in [-0.2, 0) is 6.42 Å². The third-order valence-corrected chi connectivity index (χ3v) is 2.32. The summed E-state index contributed by atoms with van der Waals surface area (Å²) in [7, 11) is 0. The number of alkyl halides is 3. The lowest BCUT2D eigenvalue weighted by atomic mass is 9.98. The summed E-state index contributed by atoms with van der Waals surface area (Å²) in [4.78, 5) is 0. The number of aliphatic hydroxyl groups is 1. The Labute approximate surface area is 98.0 Å². The van der Waals surface area contributed by atoms with Crippen molar-refractivity contribution in [2.45, 2.75) is 25.6 Å². The van der Waals surface area contributed by atoms with Crippen molar-refractivity contribution in [3.63, 3.8) is 0 Å². The Kier molecular flexibility index (Phi) is 4.40. The van der Waals surface area contributed by atoms with E-state index < -0.39 is 12.3 Å². The van der Waals surface area contributed by atoms with Crippen LogP contribution in [0.2, 0.25) is 0 Å². The minimum absolute atomic E-state index is 0.224. The summed E-state index contributed by atoms with van der Waals surface area (Å²) >= 11 is 0. The van der Waals surface area contributed by atoms with Crippen LogP contribution in [0.5, 0.6) is 5.75 Å². The summed E-state index contributed by atoms with van der Waals surface area (Å²) < 4.78 is 40.2. The van der Waals surface area contributed by atoms with Gasteiger partial charge in [-0.3, -0.25) is 0 Å². The third kappa shape index (κ3) is 4.26. The molecule has 1 aromatic carbocycles. The minimum Gasteiger partial charge on any atom is -0.406 e. The number of hydrogen-bond acceptors (Lipinski definition) is 2. The molecular weight excluding hydrogens is 233 g/mol. The van der Waals surface area contributed by atoms with E-state index in [0.29, 0.717) is 17.5 Å². The zero-order valence-corrected chi connectivity index (χ0v) is 9.42. The van der Waals surface area contributed by atoms with Crippen molar-refractivity contribution >= 4 is 0 Å². The van der Waals surface area contributed by atoms with E-state index in [1.54, 1.807) is 6.07 Å². The van der Waals surface area contributed by atoms with E-state index in [2.05, 4.69) is 11.7 Å². The first-order chi connectivity index (χ1) is 7.85. The molecule has 1 N–H and O–H groups in total. The second kappa shape index (κ2) is 5.40. The highest BCUT2D eigenvalue weighted by Gasteiger charge is 2.31. The predicted octanol–water partition coefficient (Wildman–Crippen LogP) is 3.06. The van der Waals surface area contributed by atoms with Gasteiger partial charge in [0.05, 0.1) is 0 Å². The van der Waals surface area contributed by atoms with Gasteiger partial charge in [-0.15, -0.1) is 13.2 Å². The van der Waals surface area contributed by atoms with E-state index in [4.69, 9.17) is 5.11 Å². The van der Waals surface area contributed by atoms with Gasteiger partial charge in [-0.05, 0) is 36.6 Å². The fourth-order valence-corrected chi connectivity index (χ4v) is 1.42. The first kappa shape index (κ1) is 13.8. The van der Waals surface area contributed by atoms with E-state index in [1.807, 2.05) is 6.92 Å². The Bertz CT molecular complexity index is 375. The Hall–Kier alpha value is -1.23. The molecule has 1 atom stereocenters. The summed E-state index contributed by atoms with van der Waals surface area (Å²) in [5.74, 6) is -0.731. The van der Waals surface area contributed by atoms with Crippen LogP contribution in [-0.4, -0.2) is 18.1 Å². The molecule has 0 aliphatic rings. The maximum absolute atomic E-state index is 12.1. The van der Waals surface area contributed by atoms with Gasteiger partial charge in [0.1, 0.15) is 5.75 Å². The van der Waals surface area contributed by atoms with Gasteiger partial charge in [-0.25, -0.2) is 0 Å². The zero-order valence-electron chi connectivity index (χ0n) is 9.42. The van der Waals surface area contributed by atoms with Crippen molar-refractivity contribution in [2.24, 2.45) is 0 Å². The molecule has 1 rings (SSSR count). The molecule has 0 amide bonds. The van der Waals surface area contributed by atoms with Gasteiger partial charge in [0.15, 0.2) is 0 Å². The van der Waals surface area contributed by atoms with E-state index in [9.17, 15) is 13.2 Å². The molecule has 0 aliphatic heterocycles. The van der Waals surface area contributed by atoms with Crippen molar-refractivity contribution in [2.75, 3.05) is 6.61 Å². The molecule has 0 saturated heterocycles. The van der Waals surface area contributed by atoms with Crippen LogP contribution in [0.1, 0.15) is 24.0 Å². The largest absolute Gasteiger partial charge is 0.573 e. The lowest BCUT2D eigenvalue weighted by Crippen LogP contribution is -2.17. The van der Waals surface area contributed by atoms with Gasteiger partial charge in [0.2, 0.25) is 0 Å². The van der Waals surface area contributed by atoms with Crippen LogP contribution in [0.25, 0.3) is 0 Å². The van der Waals surface area contributed by atoms with Crippen LogP contribution in [0.4, 0.5) is 13.2 Å². The molecule has 1 radical (unpaired) electrons. The number of aliphatic hydroxyl groups excluding tert-OH is 1. The molecular formula is C12H14F3O2. The Balaban J connectivity index is 3.05. The summed E-state index contributed by atoms with van der Waals surface area (Å²) in [6, 6.07) is 4.30. The number of benzene rings is 1. The number of aryl methyl sites for hydroxylation is 1. The van der Waals surface area contributed by atoms with Crippen LogP contribution in [0.3, 0.4) is 0 Å². The second-order valence-corrected chi connectivity index (χ2v) is 3.69. The molecule has 0 spiro atoms. The number of rotatable bonds is 4. The molecule has 0 aliphatic carbocycles. The summed E-state index contributed by atoms with van der Waals surface area (Å²) in [6.07, 6.45) is -4.13. The molecule has 0 saturated carbocycles. The fraction of sp³-hybridized carbons (Fsp3) is 0.417. The monoisotopic (exact) mass is 247 g/mol. The first-order valence-electron chi connectivity index (χ1n) is 5.19. The average Bonchev–Trinajstić information content (AvgIpc) is 2.25. The molecule has 1 aromatic rings. The third-order valence-electron chi connectivity index (χ3n) is 2.32. The van der Waals surface area contributed by atoms with Crippen LogP contribution in [0.15, 0.2) is 18.2 Å². The van der Waals surface area contributed by atoms with Gasteiger partial charge < -0.3 is 9.84 Å². The average molecular weight is 247 g/mol. The van der Waals surface area contributed by atoms with Crippen molar-refractivity contribution in [3.05, 3.63) is 36.2 Å². The molecule has 1 unspecified atom stereocenters. The topological polar surface area (TPSA) is 29.5 Å². The van der Waals surface area contributed by atoms with Gasteiger partial charge in [-0.1, -0.05) is 13.0 Å². The predicted molar refractivity (Wildman–Crippen MR) is 57.7 cm³/mol. The maximum Gasteiger partial charge on any atom is 0.573 e. The van der Waals surface area contributed by atoms with Crippen molar-refractivity contribution < 1.29 is 23.0 Å². The van der Waals surface area contributed by atoms with E-state index in [-0.39, 0.29) is 12.4 Å². The number of ether oxygens (including phenoxy) is 1. The first-order valence-corrected chi connectivity index (χ1v) is 5.19. The van der Waals surface area contributed by atoms with Gasteiger partial charge in [-0.2, -0.15) is 0 Å². The van der Waals surface area contributed by atoms with Crippen LogP contribution in [0, 0.1) is 6.92 Å². The SMILES string of the molecule is [CH2]C(CO)c1cc(CC)cc(OC(F)(F)F)c1. The fourth-order valence-electron chi connectivity index (χ4n) is 1.42. The van der Waals surface area contributed by atoms with Crippen LogP contribution < -0.4 is 4.74 Å². The highest BCUT2D eigenvalue weighted by atomic mass is 19.4. The number of hydrogen-bond donors (Lipinski definition) is 1. The molecule has 0 bridgehead atoms. The van der Waals surface area contributed by atoms with E-state index in [1.165, 1.54) is 12.1 Å². The molecule has 0 aromatic heterocycles. The van der Waals surface area contributed by atoms with Crippen molar-refractivity contribution in [1.82, 2.24) is 0 Å². The highest BCUT2D eigenvalue weighted by molar-refractivity contribution is 5.37. The van der Waals surface area contributed by atoms with Crippen LogP contribution >= 0.6 is 0 Å².